The molecule has 1 aromatic rings. The average molecular weight is 293 g/mol. The van der Waals surface area contributed by atoms with E-state index in [0.29, 0.717) is 5.11 Å². The minimum absolute atomic E-state index is 0.683. The normalized spacial score (nSPS) is 15.8. The summed E-state index contributed by atoms with van der Waals surface area (Å²) in [4.78, 5) is 2.38. The van der Waals surface area contributed by atoms with Crippen molar-refractivity contribution in [2.24, 2.45) is 0 Å². The Morgan fingerprint density at radius 2 is 1.95 bits per heavy atom. The summed E-state index contributed by atoms with van der Waals surface area (Å²) in [5.74, 6) is 0. The maximum absolute atomic E-state index is 5.32. The highest BCUT2D eigenvalue weighted by molar-refractivity contribution is 7.80. The number of aryl methyl sites for hydroxylation is 1. The molecule has 1 heterocycles. The van der Waals surface area contributed by atoms with E-state index < -0.39 is 0 Å². The summed E-state index contributed by atoms with van der Waals surface area (Å²) < 4.78 is 5.32. The second kappa shape index (κ2) is 8.19. The van der Waals surface area contributed by atoms with Gasteiger partial charge in [0.05, 0.1) is 13.2 Å². The largest absolute Gasteiger partial charge is 0.379 e. The molecule has 1 fully saturated rings. The lowest BCUT2D eigenvalue weighted by Gasteiger charge is -2.26. The van der Waals surface area contributed by atoms with Crippen molar-refractivity contribution in [3.8, 4) is 0 Å². The fourth-order valence-corrected chi connectivity index (χ4v) is 2.37. The number of benzene rings is 1. The summed E-state index contributed by atoms with van der Waals surface area (Å²) in [6.07, 6.45) is 1.06. The molecule has 1 aliphatic rings. The zero-order chi connectivity index (χ0) is 14.2. The second-order valence-corrected chi connectivity index (χ2v) is 5.29. The van der Waals surface area contributed by atoms with Crippen molar-refractivity contribution in [1.82, 2.24) is 10.2 Å². The molecule has 4 nitrogen and oxygen atoms in total. The highest BCUT2D eigenvalue weighted by Crippen LogP contribution is 2.09. The van der Waals surface area contributed by atoms with Crippen LogP contribution in [0.3, 0.4) is 0 Å². The maximum atomic E-state index is 5.32. The first-order valence-electron chi connectivity index (χ1n) is 7.22. The number of rotatable bonds is 5. The molecule has 0 amide bonds. The van der Waals surface area contributed by atoms with Crippen molar-refractivity contribution < 1.29 is 4.74 Å². The lowest BCUT2D eigenvalue weighted by molar-refractivity contribution is 0.0389. The van der Waals surface area contributed by atoms with Gasteiger partial charge in [-0.15, -0.1) is 0 Å². The Morgan fingerprint density at radius 3 is 2.60 bits per heavy atom. The van der Waals surface area contributed by atoms with E-state index in [-0.39, 0.29) is 0 Å². The summed E-state index contributed by atoms with van der Waals surface area (Å²) in [7, 11) is 0. The van der Waals surface area contributed by atoms with Crippen LogP contribution in [0.5, 0.6) is 0 Å². The van der Waals surface area contributed by atoms with Crippen LogP contribution in [0.2, 0.25) is 0 Å². The van der Waals surface area contributed by atoms with Crippen LogP contribution in [-0.2, 0) is 11.2 Å². The summed E-state index contributed by atoms with van der Waals surface area (Å²) in [5.41, 5.74) is 2.37. The van der Waals surface area contributed by atoms with Crippen molar-refractivity contribution in [2.75, 3.05) is 44.7 Å². The van der Waals surface area contributed by atoms with Crippen molar-refractivity contribution in [3.05, 3.63) is 29.8 Å². The van der Waals surface area contributed by atoms with Crippen LogP contribution in [0.1, 0.15) is 12.5 Å². The van der Waals surface area contributed by atoms with Crippen LogP contribution >= 0.6 is 12.2 Å². The average Bonchev–Trinajstić information content (AvgIpc) is 2.49. The Labute approximate surface area is 126 Å². The molecule has 0 aromatic heterocycles. The Balaban J connectivity index is 1.66. The van der Waals surface area contributed by atoms with E-state index in [0.717, 1.165) is 51.5 Å². The molecule has 0 radical (unpaired) electrons. The van der Waals surface area contributed by atoms with E-state index >= 15 is 0 Å². The van der Waals surface area contributed by atoms with Crippen LogP contribution < -0.4 is 10.6 Å². The van der Waals surface area contributed by atoms with Gasteiger partial charge in [0.25, 0.3) is 0 Å². The molecule has 0 spiro atoms. The van der Waals surface area contributed by atoms with E-state index in [1.54, 1.807) is 0 Å². The smallest absolute Gasteiger partial charge is 0.170 e. The van der Waals surface area contributed by atoms with Gasteiger partial charge in [-0.25, -0.2) is 0 Å². The van der Waals surface area contributed by atoms with Crippen LogP contribution in [0.4, 0.5) is 5.69 Å². The molecule has 0 unspecified atom stereocenters. The number of anilines is 1. The molecule has 20 heavy (non-hydrogen) atoms. The molecule has 1 aromatic carbocycles. The first-order valence-corrected chi connectivity index (χ1v) is 7.62. The van der Waals surface area contributed by atoms with Crippen LogP contribution in [0, 0.1) is 0 Å². The van der Waals surface area contributed by atoms with Crippen molar-refractivity contribution in [3.63, 3.8) is 0 Å². The van der Waals surface area contributed by atoms with Crippen molar-refractivity contribution >= 4 is 23.0 Å². The minimum Gasteiger partial charge on any atom is -0.379 e. The third-order valence-electron chi connectivity index (χ3n) is 3.44. The SMILES string of the molecule is CCc1ccc(NC(=S)NCCN2CCOCC2)cc1. The van der Waals surface area contributed by atoms with Gasteiger partial charge in [0, 0.05) is 31.9 Å². The zero-order valence-electron chi connectivity index (χ0n) is 12.0. The number of ether oxygens (including phenoxy) is 1. The molecule has 1 saturated heterocycles. The van der Waals surface area contributed by atoms with Gasteiger partial charge in [-0.2, -0.15) is 0 Å². The maximum Gasteiger partial charge on any atom is 0.170 e. The van der Waals surface area contributed by atoms with Gasteiger partial charge < -0.3 is 15.4 Å². The quantitative estimate of drug-likeness (QED) is 0.811. The van der Waals surface area contributed by atoms with Gasteiger partial charge in [0.1, 0.15) is 0 Å². The van der Waals surface area contributed by atoms with E-state index in [4.69, 9.17) is 17.0 Å². The van der Waals surface area contributed by atoms with Gasteiger partial charge in [0.15, 0.2) is 5.11 Å². The third-order valence-corrected chi connectivity index (χ3v) is 3.68. The molecule has 2 N–H and O–H groups in total. The molecule has 1 aliphatic heterocycles. The number of nitrogens with zero attached hydrogens (tertiary/aromatic N) is 1. The molecule has 0 aliphatic carbocycles. The molecular formula is C15H23N3OS. The number of nitrogens with one attached hydrogen (secondary N) is 2. The molecule has 0 bridgehead atoms. The van der Waals surface area contributed by atoms with E-state index in [9.17, 15) is 0 Å². The predicted molar refractivity (Wildman–Crippen MR) is 87.3 cm³/mol. The number of hydrogen-bond donors (Lipinski definition) is 2. The molecule has 110 valence electrons. The molecule has 0 atom stereocenters. The van der Waals surface area contributed by atoms with Gasteiger partial charge in [-0.3, -0.25) is 4.90 Å². The first kappa shape index (κ1) is 15.2. The van der Waals surface area contributed by atoms with Crippen molar-refractivity contribution in [2.45, 2.75) is 13.3 Å². The molecule has 0 saturated carbocycles. The Morgan fingerprint density at radius 1 is 1.25 bits per heavy atom. The Kier molecular flexibility index (Phi) is 6.24. The van der Waals surface area contributed by atoms with Crippen LogP contribution in [-0.4, -0.2) is 49.4 Å². The predicted octanol–water partition coefficient (Wildman–Crippen LogP) is 1.87. The fraction of sp³-hybridized carbons (Fsp3) is 0.533. The van der Waals surface area contributed by atoms with E-state index in [1.807, 2.05) is 0 Å². The van der Waals surface area contributed by atoms with Crippen LogP contribution in [0.25, 0.3) is 0 Å². The lowest BCUT2D eigenvalue weighted by Crippen LogP contribution is -2.42. The molecule has 5 heteroatoms. The zero-order valence-corrected chi connectivity index (χ0v) is 12.8. The van der Waals surface area contributed by atoms with Gasteiger partial charge >= 0.3 is 0 Å². The topological polar surface area (TPSA) is 36.5 Å². The van der Waals surface area contributed by atoms with Gasteiger partial charge in [-0.05, 0) is 36.3 Å². The van der Waals surface area contributed by atoms with Gasteiger partial charge in [-0.1, -0.05) is 19.1 Å². The number of thiocarbonyl (C=S) groups is 1. The highest BCUT2D eigenvalue weighted by atomic mass is 32.1. The Bertz CT molecular complexity index is 416. The van der Waals surface area contributed by atoms with Gasteiger partial charge in [0.2, 0.25) is 0 Å². The summed E-state index contributed by atoms with van der Waals surface area (Å²) in [6, 6.07) is 8.38. The highest BCUT2D eigenvalue weighted by Gasteiger charge is 2.09. The lowest BCUT2D eigenvalue weighted by atomic mass is 10.1. The number of hydrogen-bond acceptors (Lipinski definition) is 3. The summed E-state index contributed by atoms with van der Waals surface area (Å²) in [6.45, 7) is 7.72. The molecular weight excluding hydrogens is 270 g/mol. The second-order valence-electron chi connectivity index (χ2n) is 4.89. The molecule has 2 rings (SSSR count). The summed E-state index contributed by atoms with van der Waals surface area (Å²) >= 11 is 5.30. The number of morpholine rings is 1. The van der Waals surface area contributed by atoms with E-state index in [2.05, 4.69) is 46.7 Å². The monoisotopic (exact) mass is 293 g/mol. The Hall–Kier alpha value is -1.17. The standard InChI is InChI=1S/C15H23N3OS/c1-2-13-3-5-14(6-4-13)17-15(20)16-7-8-18-9-11-19-12-10-18/h3-6H,2,7-12H2,1H3,(H2,16,17,20). The fourth-order valence-electron chi connectivity index (χ4n) is 2.15. The summed E-state index contributed by atoms with van der Waals surface area (Å²) in [5, 5.41) is 7.14. The van der Waals surface area contributed by atoms with Crippen molar-refractivity contribution in [1.29, 1.82) is 0 Å². The van der Waals surface area contributed by atoms with Crippen LogP contribution in [0.15, 0.2) is 24.3 Å². The van der Waals surface area contributed by atoms with E-state index in [1.165, 1.54) is 5.56 Å². The third kappa shape index (κ3) is 5.07. The first-order chi connectivity index (χ1) is 9.78. The minimum atomic E-state index is 0.683.